The van der Waals surface area contributed by atoms with Crippen molar-refractivity contribution in [3.63, 3.8) is 0 Å². The molecule has 0 aliphatic rings. The summed E-state index contributed by atoms with van der Waals surface area (Å²) in [5.74, 6) is -0.211. The number of benzene rings is 2. The summed E-state index contributed by atoms with van der Waals surface area (Å²) in [6.07, 6.45) is 3.62. The molecule has 1 amide bonds. The summed E-state index contributed by atoms with van der Waals surface area (Å²) < 4.78 is 2.03. The van der Waals surface area contributed by atoms with Gasteiger partial charge in [0.1, 0.15) is 5.69 Å². The quantitative estimate of drug-likeness (QED) is 0.411. The average Bonchev–Trinajstić information content (AvgIpc) is 3.21. The van der Waals surface area contributed by atoms with Crippen molar-refractivity contribution in [2.45, 2.75) is 0 Å². The summed E-state index contributed by atoms with van der Waals surface area (Å²) >= 11 is 5.47. The second-order valence-corrected chi connectivity index (χ2v) is 7.20. The Hall–Kier alpha value is -3.71. The van der Waals surface area contributed by atoms with Crippen molar-refractivity contribution >= 4 is 45.4 Å². The van der Waals surface area contributed by atoms with E-state index in [1.807, 2.05) is 65.4 Å². The fourth-order valence-corrected chi connectivity index (χ4v) is 3.40. The average molecular weight is 416 g/mol. The molecule has 0 fully saturated rings. The minimum Gasteiger partial charge on any atom is -0.379 e. The molecule has 0 bridgehead atoms. The Labute approximate surface area is 179 Å². The predicted molar refractivity (Wildman–Crippen MR) is 126 cm³/mol. The molecule has 4 aromatic rings. The van der Waals surface area contributed by atoms with E-state index in [9.17, 15) is 4.79 Å². The van der Waals surface area contributed by atoms with Gasteiger partial charge in [0.15, 0.2) is 0 Å². The molecule has 2 heterocycles. The van der Waals surface area contributed by atoms with Crippen molar-refractivity contribution in [1.29, 1.82) is 0 Å². The fraction of sp³-hybridized carbons (Fsp3) is 0.0870. The Morgan fingerprint density at radius 1 is 1.03 bits per heavy atom. The van der Waals surface area contributed by atoms with E-state index in [1.165, 1.54) is 0 Å². The van der Waals surface area contributed by atoms with Crippen LogP contribution >= 0.6 is 12.2 Å². The first-order valence-corrected chi connectivity index (χ1v) is 9.93. The van der Waals surface area contributed by atoms with Crippen LogP contribution in [0.5, 0.6) is 0 Å². The number of anilines is 2. The van der Waals surface area contributed by atoms with Crippen molar-refractivity contribution in [3.05, 3.63) is 84.8 Å². The SMILES string of the molecule is CNC(=O)c1cc(-n2ccc3cc(NC(=S)CNc4ccccc4)ccc32)ccn1. The van der Waals surface area contributed by atoms with E-state index < -0.39 is 0 Å². The van der Waals surface area contributed by atoms with Crippen molar-refractivity contribution < 1.29 is 4.79 Å². The van der Waals surface area contributed by atoms with Gasteiger partial charge in [0.05, 0.1) is 17.0 Å². The third-order valence-electron chi connectivity index (χ3n) is 4.68. The first kappa shape index (κ1) is 19.6. The van der Waals surface area contributed by atoms with Crippen LogP contribution < -0.4 is 16.0 Å². The Balaban J connectivity index is 1.50. The van der Waals surface area contributed by atoms with Crippen LogP contribution in [0.15, 0.2) is 79.1 Å². The molecule has 0 aliphatic heterocycles. The third-order valence-corrected chi connectivity index (χ3v) is 4.93. The lowest BCUT2D eigenvalue weighted by Gasteiger charge is -2.11. The second-order valence-electron chi connectivity index (χ2n) is 6.71. The van der Waals surface area contributed by atoms with E-state index in [1.54, 1.807) is 19.3 Å². The molecule has 0 saturated heterocycles. The second kappa shape index (κ2) is 8.75. The van der Waals surface area contributed by atoms with Gasteiger partial charge >= 0.3 is 0 Å². The Morgan fingerprint density at radius 2 is 1.87 bits per heavy atom. The number of hydrogen-bond acceptors (Lipinski definition) is 4. The van der Waals surface area contributed by atoms with Gasteiger partial charge in [-0.05, 0) is 48.5 Å². The lowest BCUT2D eigenvalue weighted by atomic mass is 10.2. The van der Waals surface area contributed by atoms with E-state index in [0.717, 1.165) is 28.0 Å². The summed E-state index contributed by atoms with van der Waals surface area (Å²) in [5, 5.41) is 10.2. The number of amides is 1. The maximum Gasteiger partial charge on any atom is 0.269 e. The minimum absolute atomic E-state index is 0.211. The lowest BCUT2D eigenvalue weighted by molar-refractivity contribution is 0.0958. The molecule has 0 radical (unpaired) electrons. The largest absolute Gasteiger partial charge is 0.379 e. The molecule has 30 heavy (non-hydrogen) atoms. The van der Waals surface area contributed by atoms with Gasteiger partial charge in [-0.25, -0.2) is 0 Å². The highest BCUT2D eigenvalue weighted by Crippen LogP contribution is 2.24. The number of thiocarbonyl (C=S) groups is 1. The molecule has 0 unspecified atom stereocenters. The van der Waals surface area contributed by atoms with E-state index >= 15 is 0 Å². The zero-order valence-corrected chi connectivity index (χ0v) is 17.2. The molecule has 0 atom stereocenters. The minimum atomic E-state index is -0.211. The molecule has 6 nitrogen and oxygen atoms in total. The number of carbonyl (C=O) groups excluding carboxylic acids is 1. The topological polar surface area (TPSA) is 71.0 Å². The van der Waals surface area contributed by atoms with Gasteiger partial charge in [-0.15, -0.1) is 0 Å². The predicted octanol–water partition coefficient (Wildman–Crippen LogP) is 4.24. The van der Waals surface area contributed by atoms with Gasteiger partial charge in [-0.1, -0.05) is 30.4 Å². The molecular formula is C23H21N5OS. The number of nitrogens with zero attached hydrogens (tertiary/aromatic N) is 2. The molecular weight excluding hydrogens is 394 g/mol. The summed E-state index contributed by atoms with van der Waals surface area (Å²) in [6.45, 7) is 0.553. The van der Waals surface area contributed by atoms with Crippen LogP contribution in [0, 0.1) is 0 Å². The summed E-state index contributed by atoms with van der Waals surface area (Å²) in [7, 11) is 1.59. The van der Waals surface area contributed by atoms with Crippen LogP contribution in [-0.4, -0.2) is 34.0 Å². The van der Waals surface area contributed by atoms with E-state index in [0.29, 0.717) is 17.2 Å². The van der Waals surface area contributed by atoms with E-state index in [4.69, 9.17) is 12.2 Å². The van der Waals surface area contributed by atoms with Crippen molar-refractivity contribution in [2.75, 3.05) is 24.2 Å². The normalized spacial score (nSPS) is 10.6. The number of rotatable bonds is 6. The number of hydrogen-bond donors (Lipinski definition) is 3. The Morgan fingerprint density at radius 3 is 2.67 bits per heavy atom. The lowest BCUT2D eigenvalue weighted by Crippen LogP contribution is -2.19. The highest BCUT2D eigenvalue weighted by atomic mass is 32.1. The van der Waals surface area contributed by atoms with Crippen molar-refractivity contribution in [3.8, 4) is 5.69 Å². The first-order valence-electron chi connectivity index (χ1n) is 9.52. The van der Waals surface area contributed by atoms with Gasteiger partial charge in [0, 0.05) is 41.9 Å². The van der Waals surface area contributed by atoms with Crippen LogP contribution in [0.3, 0.4) is 0 Å². The highest BCUT2D eigenvalue weighted by Gasteiger charge is 2.09. The van der Waals surface area contributed by atoms with Crippen LogP contribution in [0.1, 0.15) is 10.5 Å². The molecule has 150 valence electrons. The molecule has 2 aromatic carbocycles. The zero-order chi connectivity index (χ0) is 20.9. The summed E-state index contributed by atoms with van der Waals surface area (Å²) in [6, 6.07) is 21.7. The number of nitrogens with one attached hydrogen (secondary N) is 3. The number of fused-ring (bicyclic) bond motifs is 1. The van der Waals surface area contributed by atoms with E-state index in [2.05, 4.69) is 27.0 Å². The van der Waals surface area contributed by atoms with Crippen LogP contribution in [-0.2, 0) is 0 Å². The Kier molecular flexibility index (Phi) is 5.72. The Bertz CT molecular complexity index is 1200. The van der Waals surface area contributed by atoms with Crippen molar-refractivity contribution in [2.24, 2.45) is 0 Å². The summed E-state index contributed by atoms with van der Waals surface area (Å²) in [5.41, 5.74) is 4.25. The fourth-order valence-electron chi connectivity index (χ4n) is 3.21. The van der Waals surface area contributed by atoms with Crippen LogP contribution in [0.2, 0.25) is 0 Å². The van der Waals surface area contributed by atoms with Crippen LogP contribution in [0.4, 0.5) is 11.4 Å². The number of pyridine rings is 1. The number of aromatic nitrogens is 2. The van der Waals surface area contributed by atoms with Crippen LogP contribution in [0.25, 0.3) is 16.6 Å². The number of carbonyl (C=O) groups is 1. The maximum atomic E-state index is 11.9. The number of para-hydroxylation sites is 1. The van der Waals surface area contributed by atoms with Gasteiger partial charge in [0.25, 0.3) is 5.91 Å². The molecule has 3 N–H and O–H groups in total. The molecule has 2 aromatic heterocycles. The zero-order valence-electron chi connectivity index (χ0n) is 16.4. The standard InChI is InChI=1S/C23H21N5OS/c1-24-23(29)20-14-19(9-11-25-20)28-12-10-16-13-18(7-8-21(16)28)27-22(30)15-26-17-5-3-2-4-6-17/h2-14,26H,15H2,1H3,(H,24,29)(H,27,30). The van der Waals surface area contributed by atoms with Gasteiger partial charge in [-0.2, -0.15) is 0 Å². The summed E-state index contributed by atoms with van der Waals surface area (Å²) in [4.78, 5) is 16.7. The van der Waals surface area contributed by atoms with Gasteiger partial charge in [-0.3, -0.25) is 9.78 Å². The molecule has 0 spiro atoms. The molecule has 0 saturated carbocycles. The smallest absolute Gasteiger partial charge is 0.269 e. The molecule has 4 rings (SSSR count). The third kappa shape index (κ3) is 4.31. The monoisotopic (exact) mass is 415 g/mol. The molecule has 0 aliphatic carbocycles. The molecule has 7 heteroatoms. The van der Waals surface area contributed by atoms with Crippen molar-refractivity contribution in [1.82, 2.24) is 14.9 Å². The van der Waals surface area contributed by atoms with Gasteiger partial charge < -0.3 is 20.5 Å². The highest BCUT2D eigenvalue weighted by molar-refractivity contribution is 7.80. The van der Waals surface area contributed by atoms with Gasteiger partial charge in [0.2, 0.25) is 0 Å². The van der Waals surface area contributed by atoms with E-state index in [-0.39, 0.29) is 5.91 Å². The maximum absolute atomic E-state index is 11.9. The first-order chi connectivity index (χ1) is 14.6.